The molecule has 0 spiro atoms. The summed E-state index contributed by atoms with van der Waals surface area (Å²) in [6.45, 7) is 6.22. The molecule has 0 bridgehead atoms. The van der Waals surface area contributed by atoms with Gasteiger partial charge >= 0.3 is 0 Å². The Kier molecular flexibility index (Phi) is 7.71. The molecule has 0 aliphatic heterocycles. The molecule has 0 aliphatic carbocycles. The largest absolute Gasteiger partial charge is 0.488 e. The highest BCUT2D eigenvalue weighted by atomic mass is 79.9. The second kappa shape index (κ2) is 8.78. The molecule has 2 nitrogen and oxygen atoms in total. The zero-order chi connectivity index (χ0) is 13.4. The summed E-state index contributed by atoms with van der Waals surface area (Å²) >= 11 is 9.55. The Morgan fingerprint density at radius 1 is 1.33 bits per heavy atom. The van der Waals surface area contributed by atoms with Crippen LogP contribution in [-0.4, -0.2) is 19.2 Å². The van der Waals surface area contributed by atoms with Crippen LogP contribution >= 0.6 is 27.5 Å². The lowest BCUT2D eigenvalue weighted by molar-refractivity contribution is 0.187. The molecule has 0 saturated heterocycles. The molecule has 0 aliphatic rings. The maximum atomic E-state index is 6.16. The predicted octanol–water partition coefficient (Wildman–Crippen LogP) is 4.65. The first kappa shape index (κ1) is 15.8. The van der Waals surface area contributed by atoms with Gasteiger partial charge in [-0.15, -0.1) is 0 Å². The Hall–Kier alpha value is -0.250. The number of ether oxygens (including phenoxy) is 1. The number of halogens is 2. The smallest absolute Gasteiger partial charge is 0.138 e. The quantitative estimate of drug-likeness (QED) is 0.699. The molecule has 4 heteroatoms. The van der Waals surface area contributed by atoms with Crippen LogP contribution in [0.5, 0.6) is 5.75 Å². The Balaban J connectivity index is 2.58. The van der Waals surface area contributed by atoms with E-state index in [2.05, 4.69) is 35.1 Å². The van der Waals surface area contributed by atoms with Crippen LogP contribution in [-0.2, 0) is 0 Å². The molecular weight excluding hydrogens is 314 g/mol. The summed E-state index contributed by atoms with van der Waals surface area (Å²) in [4.78, 5) is 0. The number of hydrogen-bond acceptors (Lipinski definition) is 2. The SMILES string of the molecule is CCCNCC(CCC)Oc1ccc(Br)cc1Cl. The predicted molar refractivity (Wildman–Crippen MR) is 81.6 cm³/mol. The third kappa shape index (κ3) is 5.59. The van der Waals surface area contributed by atoms with Gasteiger partial charge in [0.05, 0.1) is 5.02 Å². The molecule has 0 saturated carbocycles. The van der Waals surface area contributed by atoms with Gasteiger partial charge in [-0.2, -0.15) is 0 Å². The Labute approximate surface area is 123 Å². The normalized spacial score (nSPS) is 12.4. The van der Waals surface area contributed by atoms with Crippen LogP contribution in [0.3, 0.4) is 0 Å². The maximum Gasteiger partial charge on any atom is 0.138 e. The van der Waals surface area contributed by atoms with Crippen LogP contribution in [0, 0.1) is 0 Å². The van der Waals surface area contributed by atoms with Crippen LogP contribution in [0.15, 0.2) is 22.7 Å². The monoisotopic (exact) mass is 333 g/mol. The van der Waals surface area contributed by atoms with E-state index in [0.717, 1.165) is 42.6 Å². The van der Waals surface area contributed by atoms with E-state index in [0.29, 0.717) is 5.02 Å². The minimum Gasteiger partial charge on any atom is -0.488 e. The highest BCUT2D eigenvalue weighted by molar-refractivity contribution is 9.10. The molecule has 1 N–H and O–H groups in total. The lowest BCUT2D eigenvalue weighted by atomic mass is 10.2. The molecule has 18 heavy (non-hydrogen) atoms. The number of rotatable bonds is 8. The number of hydrogen-bond donors (Lipinski definition) is 1. The van der Waals surface area contributed by atoms with Gasteiger partial charge in [0, 0.05) is 11.0 Å². The standard InChI is InChI=1S/C14H21BrClNO/c1-3-5-12(10-17-8-4-2)18-14-7-6-11(15)9-13(14)16/h6-7,9,12,17H,3-5,8,10H2,1-2H3. The molecule has 1 aromatic carbocycles. The zero-order valence-corrected chi connectivity index (χ0v) is 13.4. The van der Waals surface area contributed by atoms with Gasteiger partial charge in [-0.25, -0.2) is 0 Å². The van der Waals surface area contributed by atoms with Crippen LogP contribution in [0.4, 0.5) is 0 Å². The lowest BCUT2D eigenvalue weighted by Gasteiger charge is -2.20. The molecule has 0 amide bonds. The maximum absolute atomic E-state index is 6.16. The summed E-state index contributed by atoms with van der Waals surface area (Å²) in [6, 6.07) is 5.72. The third-order valence-electron chi connectivity index (χ3n) is 2.60. The molecule has 0 radical (unpaired) electrons. The van der Waals surface area contributed by atoms with E-state index in [1.165, 1.54) is 0 Å². The highest BCUT2D eigenvalue weighted by Crippen LogP contribution is 2.28. The topological polar surface area (TPSA) is 21.3 Å². The van der Waals surface area contributed by atoms with Gasteiger partial charge in [0.2, 0.25) is 0 Å². The fourth-order valence-corrected chi connectivity index (χ4v) is 2.43. The molecule has 1 unspecified atom stereocenters. The van der Waals surface area contributed by atoms with E-state index in [1.807, 2.05) is 18.2 Å². The Morgan fingerprint density at radius 3 is 2.72 bits per heavy atom. The molecule has 0 aromatic heterocycles. The number of nitrogens with one attached hydrogen (secondary N) is 1. The minimum atomic E-state index is 0.181. The average Bonchev–Trinajstić information content (AvgIpc) is 2.33. The van der Waals surface area contributed by atoms with Crippen LogP contribution in [0.25, 0.3) is 0 Å². The first-order valence-electron chi connectivity index (χ1n) is 6.49. The van der Waals surface area contributed by atoms with Gasteiger partial charge < -0.3 is 10.1 Å². The van der Waals surface area contributed by atoms with Crippen molar-refractivity contribution >= 4 is 27.5 Å². The van der Waals surface area contributed by atoms with Gasteiger partial charge in [-0.05, 0) is 37.6 Å². The van der Waals surface area contributed by atoms with Crippen molar-refractivity contribution in [3.05, 3.63) is 27.7 Å². The van der Waals surface area contributed by atoms with E-state index in [-0.39, 0.29) is 6.10 Å². The molecule has 1 atom stereocenters. The van der Waals surface area contributed by atoms with Crippen LogP contribution in [0.1, 0.15) is 33.1 Å². The highest BCUT2D eigenvalue weighted by Gasteiger charge is 2.11. The second-order valence-electron chi connectivity index (χ2n) is 4.31. The summed E-state index contributed by atoms with van der Waals surface area (Å²) in [6.07, 6.45) is 3.45. The lowest BCUT2D eigenvalue weighted by Crippen LogP contribution is -2.31. The van der Waals surface area contributed by atoms with Crippen molar-refractivity contribution in [2.45, 2.75) is 39.2 Å². The number of benzene rings is 1. The van der Waals surface area contributed by atoms with Crippen LogP contribution < -0.4 is 10.1 Å². The molecule has 1 aromatic rings. The van der Waals surface area contributed by atoms with Gasteiger partial charge in [-0.3, -0.25) is 0 Å². The Morgan fingerprint density at radius 2 is 2.11 bits per heavy atom. The molecule has 0 heterocycles. The fourth-order valence-electron chi connectivity index (χ4n) is 1.71. The zero-order valence-electron chi connectivity index (χ0n) is 11.0. The van der Waals surface area contributed by atoms with E-state index >= 15 is 0 Å². The summed E-state index contributed by atoms with van der Waals surface area (Å²) in [5, 5.41) is 4.05. The van der Waals surface area contributed by atoms with Crippen molar-refractivity contribution in [1.82, 2.24) is 5.32 Å². The molecule has 102 valence electrons. The van der Waals surface area contributed by atoms with Gasteiger partial charge in [-0.1, -0.05) is 47.8 Å². The fraction of sp³-hybridized carbons (Fsp3) is 0.571. The second-order valence-corrected chi connectivity index (χ2v) is 5.63. The summed E-state index contributed by atoms with van der Waals surface area (Å²) < 4.78 is 6.94. The van der Waals surface area contributed by atoms with E-state index in [4.69, 9.17) is 16.3 Å². The summed E-state index contributed by atoms with van der Waals surface area (Å²) in [5.74, 6) is 0.761. The van der Waals surface area contributed by atoms with Gasteiger partial charge in [0.25, 0.3) is 0 Å². The molecule has 0 fully saturated rings. The average molecular weight is 335 g/mol. The van der Waals surface area contributed by atoms with E-state index in [9.17, 15) is 0 Å². The van der Waals surface area contributed by atoms with Crippen molar-refractivity contribution in [2.75, 3.05) is 13.1 Å². The third-order valence-corrected chi connectivity index (χ3v) is 3.39. The van der Waals surface area contributed by atoms with Crippen molar-refractivity contribution in [3.8, 4) is 5.75 Å². The molecular formula is C14H21BrClNO. The van der Waals surface area contributed by atoms with E-state index in [1.54, 1.807) is 0 Å². The van der Waals surface area contributed by atoms with Gasteiger partial charge in [0.1, 0.15) is 11.9 Å². The van der Waals surface area contributed by atoms with Crippen molar-refractivity contribution in [2.24, 2.45) is 0 Å². The Bertz CT molecular complexity index is 360. The van der Waals surface area contributed by atoms with Crippen molar-refractivity contribution in [1.29, 1.82) is 0 Å². The van der Waals surface area contributed by atoms with Crippen molar-refractivity contribution < 1.29 is 4.74 Å². The van der Waals surface area contributed by atoms with Gasteiger partial charge in [0.15, 0.2) is 0 Å². The first-order chi connectivity index (χ1) is 8.67. The summed E-state index contributed by atoms with van der Waals surface area (Å²) in [7, 11) is 0. The molecule has 1 rings (SSSR count). The first-order valence-corrected chi connectivity index (χ1v) is 7.66. The summed E-state index contributed by atoms with van der Waals surface area (Å²) in [5.41, 5.74) is 0. The minimum absolute atomic E-state index is 0.181. The van der Waals surface area contributed by atoms with E-state index < -0.39 is 0 Å². The van der Waals surface area contributed by atoms with Crippen LogP contribution in [0.2, 0.25) is 5.02 Å². The van der Waals surface area contributed by atoms with Crippen molar-refractivity contribution in [3.63, 3.8) is 0 Å².